The topological polar surface area (TPSA) is 87.3 Å². The van der Waals surface area contributed by atoms with Crippen molar-refractivity contribution in [2.75, 3.05) is 19.6 Å². The van der Waals surface area contributed by atoms with Gasteiger partial charge in [-0.15, -0.1) is 23.7 Å². The average molecular weight is 419 g/mol. The number of nitrogens with one attached hydrogen (secondary N) is 3. The van der Waals surface area contributed by atoms with E-state index in [-0.39, 0.29) is 29.1 Å². The van der Waals surface area contributed by atoms with Gasteiger partial charge in [0.05, 0.1) is 10.3 Å². The highest BCUT2D eigenvalue weighted by Gasteiger charge is 2.18. The van der Waals surface area contributed by atoms with Gasteiger partial charge in [0, 0.05) is 12.6 Å². The quantitative estimate of drug-likeness (QED) is 0.645. The van der Waals surface area contributed by atoms with E-state index in [2.05, 4.69) is 31.3 Å². The van der Waals surface area contributed by atoms with Gasteiger partial charge in [0.1, 0.15) is 4.21 Å². The Balaban J connectivity index is 0.00000220. The minimum absolute atomic E-state index is 0. The molecule has 2 heterocycles. The maximum atomic E-state index is 11.9. The number of hydrogen-bond donors (Lipinski definition) is 3. The van der Waals surface area contributed by atoms with Crippen molar-refractivity contribution in [3.63, 3.8) is 0 Å². The molecule has 120 valence electrons. The van der Waals surface area contributed by atoms with Crippen molar-refractivity contribution in [2.45, 2.75) is 23.1 Å². The van der Waals surface area contributed by atoms with Gasteiger partial charge in [-0.05, 0) is 47.4 Å². The van der Waals surface area contributed by atoms with Crippen LogP contribution in [0, 0.1) is 0 Å². The highest BCUT2D eigenvalue weighted by molar-refractivity contribution is 9.11. The fraction of sp³-hybridized carbons (Fsp3) is 0.545. The third-order valence-corrected chi connectivity index (χ3v) is 6.46. The van der Waals surface area contributed by atoms with Gasteiger partial charge in [0.2, 0.25) is 5.91 Å². The summed E-state index contributed by atoms with van der Waals surface area (Å²) in [6, 6.07) is 3.45. The summed E-state index contributed by atoms with van der Waals surface area (Å²) in [5, 5.41) is 5.98. The Bertz CT molecular complexity index is 573. The van der Waals surface area contributed by atoms with Crippen LogP contribution in [0.15, 0.2) is 20.1 Å². The molecule has 1 amide bonds. The molecule has 1 atom stereocenters. The van der Waals surface area contributed by atoms with E-state index in [1.807, 2.05) is 0 Å². The van der Waals surface area contributed by atoms with Crippen LogP contribution in [0.25, 0.3) is 0 Å². The molecule has 1 saturated heterocycles. The Morgan fingerprint density at radius 3 is 2.81 bits per heavy atom. The van der Waals surface area contributed by atoms with E-state index >= 15 is 0 Å². The van der Waals surface area contributed by atoms with E-state index in [4.69, 9.17) is 0 Å². The van der Waals surface area contributed by atoms with Crippen molar-refractivity contribution in [1.29, 1.82) is 0 Å². The minimum Gasteiger partial charge on any atom is -0.353 e. The highest BCUT2D eigenvalue weighted by Crippen LogP contribution is 2.25. The number of hydrogen-bond acceptors (Lipinski definition) is 5. The number of halogens is 2. The van der Waals surface area contributed by atoms with E-state index in [0.717, 1.165) is 34.5 Å². The smallest absolute Gasteiger partial charge is 0.250 e. The van der Waals surface area contributed by atoms with Gasteiger partial charge in [-0.25, -0.2) is 13.1 Å². The van der Waals surface area contributed by atoms with E-state index in [0.29, 0.717) is 12.6 Å². The van der Waals surface area contributed by atoms with Gasteiger partial charge in [0.15, 0.2) is 0 Å². The number of thiophene rings is 1. The molecule has 2 rings (SSSR count). The van der Waals surface area contributed by atoms with Crippen LogP contribution in [0.4, 0.5) is 0 Å². The molecule has 0 spiro atoms. The summed E-state index contributed by atoms with van der Waals surface area (Å²) in [7, 11) is -3.61. The summed E-state index contributed by atoms with van der Waals surface area (Å²) >= 11 is 4.31. The second kappa shape index (κ2) is 8.44. The van der Waals surface area contributed by atoms with Gasteiger partial charge in [0.25, 0.3) is 10.0 Å². The first-order valence-electron chi connectivity index (χ1n) is 6.22. The molecular weight excluding hydrogens is 402 g/mol. The zero-order chi connectivity index (χ0) is 14.6. The molecule has 0 radical (unpaired) electrons. The van der Waals surface area contributed by atoms with E-state index in [1.165, 1.54) is 6.07 Å². The van der Waals surface area contributed by atoms with Crippen LogP contribution >= 0.6 is 39.7 Å². The Kier molecular flexibility index (Phi) is 7.58. The monoisotopic (exact) mass is 417 g/mol. The van der Waals surface area contributed by atoms with Crippen molar-refractivity contribution in [1.82, 2.24) is 15.4 Å². The number of sulfonamides is 1. The number of carbonyl (C=O) groups excluding carboxylic acids is 1. The predicted octanol–water partition coefficient (Wildman–Crippen LogP) is 1.08. The van der Waals surface area contributed by atoms with Gasteiger partial charge in [-0.1, -0.05) is 0 Å². The molecular formula is C11H17BrClN3O3S2. The van der Waals surface area contributed by atoms with Gasteiger partial charge in [-0.3, -0.25) is 4.79 Å². The van der Waals surface area contributed by atoms with Crippen LogP contribution in [0.1, 0.15) is 12.8 Å². The molecule has 1 fully saturated rings. The summed E-state index contributed by atoms with van der Waals surface area (Å²) in [6.07, 6.45) is 2.15. The highest BCUT2D eigenvalue weighted by atomic mass is 79.9. The van der Waals surface area contributed by atoms with Crippen LogP contribution < -0.4 is 15.4 Å². The Morgan fingerprint density at radius 1 is 1.48 bits per heavy atom. The SMILES string of the molecule is Cl.O=C(CNS(=O)(=O)c1ccc(Br)s1)NCC1CCCN1. The molecule has 0 bridgehead atoms. The zero-order valence-electron chi connectivity index (χ0n) is 11.1. The van der Waals surface area contributed by atoms with Crippen LogP contribution in [-0.4, -0.2) is 40.0 Å². The van der Waals surface area contributed by atoms with Gasteiger partial charge < -0.3 is 10.6 Å². The van der Waals surface area contributed by atoms with Gasteiger partial charge >= 0.3 is 0 Å². The molecule has 1 aliphatic rings. The molecule has 0 aliphatic carbocycles. The first-order valence-corrected chi connectivity index (χ1v) is 9.32. The lowest BCUT2D eigenvalue weighted by atomic mass is 10.2. The largest absolute Gasteiger partial charge is 0.353 e. The molecule has 21 heavy (non-hydrogen) atoms. The molecule has 10 heteroatoms. The maximum absolute atomic E-state index is 11.9. The first-order chi connectivity index (χ1) is 9.47. The van der Waals surface area contributed by atoms with E-state index in [9.17, 15) is 13.2 Å². The molecule has 3 N–H and O–H groups in total. The lowest BCUT2D eigenvalue weighted by molar-refractivity contribution is -0.120. The molecule has 1 aromatic heterocycles. The Labute approximate surface area is 142 Å². The zero-order valence-corrected chi connectivity index (χ0v) is 15.1. The van der Waals surface area contributed by atoms with Crippen molar-refractivity contribution in [3.8, 4) is 0 Å². The third kappa shape index (κ3) is 5.84. The van der Waals surface area contributed by atoms with Crippen LogP contribution in [0.5, 0.6) is 0 Å². The Morgan fingerprint density at radius 2 is 2.24 bits per heavy atom. The van der Waals surface area contributed by atoms with Crippen molar-refractivity contribution in [3.05, 3.63) is 15.9 Å². The van der Waals surface area contributed by atoms with Gasteiger partial charge in [-0.2, -0.15) is 0 Å². The fourth-order valence-corrected chi connectivity index (χ4v) is 4.94. The lowest BCUT2D eigenvalue weighted by Gasteiger charge is -2.11. The predicted molar refractivity (Wildman–Crippen MR) is 88.5 cm³/mol. The Hall–Kier alpha value is -0.190. The van der Waals surface area contributed by atoms with Crippen LogP contribution in [-0.2, 0) is 14.8 Å². The average Bonchev–Trinajstić information content (AvgIpc) is 3.05. The van der Waals surface area contributed by atoms with Crippen molar-refractivity contribution >= 4 is 55.6 Å². The molecule has 6 nitrogen and oxygen atoms in total. The molecule has 1 aliphatic heterocycles. The van der Waals surface area contributed by atoms with Crippen LogP contribution in [0.3, 0.4) is 0 Å². The minimum atomic E-state index is -3.61. The standard InChI is InChI=1S/C11H16BrN3O3S2.ClH/c12-9-3-4-11(19-9)20(17,18)15-7-10(16)14-6-8-2-1-5-13-8;/h3-4,8,13,15H,1-2,5-7H2,(H,14,16);1H. The summed E-state index contributed by atoms with van der Waals surface area (Å²) < 4.78 is 27.0. The summed E-state index contributed by atoms with van der Waals surface area (Å²) in [6.45, 7) is 1.26. The summed E-state index contributed by atoms with van der Waals surface area (Å²) in [5.74, 6) is -0.321. The fourth-order valence-electron chi connectivity index (χ4n) is 1.90. The second-order valence-corrected chi connectivity index (χ2v) is 8.94. The summed E-state index contributed by atoms with van der Waals surface area (Å²) in [4.78, 5) is 11.6. The number of rotatable bonds is 6. The van der Waals surface area contributed by atoms with E-state index < -0.39 is 10.0 Å². The second-order valence-electron chi connectivity index (χ2n) is 4.48. The first kappa shape index (κ1) is 18.9. The normalized spacial score (nSPS) is 18.2. The number of carbonyl (C=O) groups is 1. The third-order valence-electron chi connectivity index (χ3n) is 2.94. The van der Waals surface area contributed by atoms with E-state index in [1.54, 1.807) is 6.07 Å². The molecule has 0 saturated carbocycles. The van der Waals surface area contributed by atoms with Crippen LogP contribution in [0.2, 0.25) is 0 Å². The lowest BCUT2D eigenvalue weighted by Crippen LogP contribution is -2.42. The maximum Gasteiger partial charge on any atom is 0.250 e. The van der Waals surface area contributed by atoms with Crippen molar-refractivity contribution < 1.29 is 13.2 Å². The molecule has 0 aromatic carbocycles. The number of amides is 1. The summed E-state index contributed by atoms with van der Waals surface area (Å²) in [5.41, 5.74) is 0. The van der Waals surface area contributed by atoms with Crippen molar-refractivity contribution in [2.24, 2.45) is 0 Å². The molecule has 1 aromatic rings. The molecule has 1 unspecified atom stereocenters.